The highest BCUT2D eigenvalue weighted by Crippen LogP contribution is 2.37. The van der Waals surface area contributed by atoms with Gasteiger partial charge in [-0.1, -0.05) is 30.3 Å². The number of aromatic hydroxyl groups is 1. The van der Waals surface area contributed by atoms with Crippen LogP contribution in [0.4, 0.5) is 0 Å². The predicted octanol–water partition coefficient (Wildman–Crippen LogP) is 3.57. The van der Waals surface area contributed by atoms with Crippen molar-refractivity contribution < 1.29 is 14.7 Å². The first-order valence-corrected chi connectivity index (χ1v) is 8.88. The molecule has 1 aliphatic heterocycles. The number of carbonyl (C=O) groups excluding carboxylic acids is 2. The van der Waals surface area contributed by atoms with Crippen LogP contribution < -0.4 is 0 Å². The van der Waals surface area contributed by atoms with Crippen LogP contribution in [0.2, 0.25) is 0 Å². The Morgan fingerprint density at radius 3 is 2.41 bits per heavy atom. The molecule has 27 heavy (non-hydrogen) atoms. The number of amides is 2. The molecule has 0 atom stereocenters. The molecule has 1 aromatic heterocycles. The second-order valence-corrected chi connectivity index (χ2v) is 6.86. The number of aromatic amines is 1. The van der Waals surface area contributed by atoms with Crippen LogP contribution in [0.15, 0.2) is 54.1 Å². The van der Waals surface area contributed by atoms with Gasteiger partial charge in [-0.15, -0.1) is 0 Å². The minimum atomic E-state index is -0.256. The average molecular weight is 360 g/mol. The van der Waals surface area contributed by atoms with E-state index in [1.165, 1.54) is 11.9 Å². The molecule has 2 N–H and O–H groups in total. The zero-order valence-corrected chi connectivity index (χ0v) is 15.2. The van der Waals surface area contributed by atoms with E-state index in [1.54, 1.807) is 12.1 Å². The van der Waals surface area contributed by atoms with Crippen molar-refractivity contribution in [1.82, 2.24) is 9.88 Å². The van der Waals surface area contributed by atoms with E-state index in [0.717, 1.165) is 27.7 Å². The third-order valence-corrected chi connectivity index (χ3v) is 5.13. The van der Waals surface area contributed by atoms with Gasteiger partial charge in [0.15, 0.2) is 0 Å². The Labute approximate surface area is 156 Å². The van der Waals surface area contributed by atoms with Crippen molar-refractivity contribution in [2.24, 2.45) is 0 Å². The number of rotatable bonds is 4. The number of phenols is 1. The fraction of sp³-hybridized carbons (Fsp3) is 0.182. The smallest absolute Gasteiger partial charge is 0.261 e. The fourth-order valence-corrected chi connectivity index (χ4v) is 3.72. The Morgan fingerprint density at radius 1 is 0.963 bits per heavy atom. The monoisotopic (exact) mass is 360 g/mol. The molecular weight excluding hydrogens is 340 g/mol. The molecule has 5 nitrogen and oxygen atoms in total. The summed E-state index contributed by atoms with van der Waals surface area (Å²) in [6, 6.07) is 14.7. The Bertz CT molecular complexity index is 1090. The second kappa shape index (κ2) is 6.43. The van der Waals surface area contributed by atoms with Gasteiger partial charge in [0.2, 0.25) is 0 Å². The van der Waals surface area contributed by atoms with Gasteiger partial charge in [-0.05, 0) is 43.5 Å². The van der Waals surface area contributed by atoms with Gasteiger partial charge >= 0.3 is 0 Å². The number of aromatic nitrogens is 1. The van der Waals surface area contributed by atoms with Gasteiger partial charge < -0.3 is 10.1 Å². The topological polar surface area (TPSA) is 73.4 Å². The molecule has 2 heterocycles. The molecule has 4 rings (SSSR count). The van der Waals surface area contributed by atoms with E-state index >= 15 is 0 Å². The van der Waals surface area contributed by atoms with Crippen LogP contribution in [0, 0.1) is 6.92 Å². The van der Waals surface area contributed by atoms with E-state index in [1.807, 2.05) is 43.3 Å². The lowest BCUT2D eigenvalue weighted by Gasteiger charge is -2.07. The number of likely N-dealkylation sites (N-methyl/N-ethyl adjacent to an activating group) is 1. The van der Waals surface area contributed by atoms with Gasteiger partial charge in [0, 0.05) is 34.8 Å². The van der Waals surface area contributed by atoms with Crippen molar-refractivity contribution in [3.8, 4) is 5.75 Å². The van der Waals surface area contributed by atoms with Gasteiger partial charge in [-0.3, -0.25) is 14.5 Å². The first kappa shape index (κ1) is 17.1. The molecule has 0 saturated heterocycles. The molecular formula is C22H20N2O3. The van der Waals surface area contributed by atoms with Crippen LogP contribution in [-0.2, 0) is 16.0 Å². The highest BCUT2D eigenvalue weighted by Gasteiger charge is 2.37. The highest BCUT2D eigenvalue weighted by atomic mass is 16.3. The number of H-pyrrole nitrogens is 1. The van der Waals surface area contributed by atoms with Gasteiger partial charge in [0.05, 0.1) is 5.57 Å². The van der Waals surface area contributed by atoms with E-state index in [9.17, 15) is 14.7 Å². The van der Waals surface area contributed by atoms with E-state index in [0.29, 0.717) is 24.0 Å². The number of phenolic OH excluding ortho intramolecular Hbond substituents is 1. The van der Waals surface area contributed by atoms with Crippen LogP contribution in [-0.4, -0.2) is 33.9 Å². The Hall–Kier alpha value is -3.34. The minimum absolute atomic E-state index is 0.208. The summed E-state index contributed by atoms with van der Waals surface area (Å²) in [7, 11) is 1.53. The van der Waals surface area contributed by atoms with E-state index < -0.39 is 0 Å². The van der Waals surface area contributed by atoms with Crippen LogP contribution in [0.5, 0.6) is 5.75 Å². The number of carbonyl (C=O) groups is 2. The van der Waals surface area contributed by atoms with Crippen LogP contribution in [0.3, 0.4) is 0 Å². The third kappa shape index (κ3) is 2.81. The number of para-hydroxylation sites is 1. The van der Waals surface area contributed by atoms with E-state index in [4.69, 9.17) is 0 Å². The number of aryl methyl sites for hydroxylation is 2. The minimum Gasteiger partial charge on any atom is -0.508 e. The van der Waals surface area contributed by atoms with Crippen molar-refractivity contribution in [1.29, 1.82) is 0 Å². The zero-order chi connectivity index (χ0) is 19.1. The molecule has 0 radical (unpaired) electrons. The van der Waals surface area contributed by atoms with Gasteiger partial charge in [0.1, 0.15) is 5.75 Å². The average Bonchev–Trinajstić information content (AvgIpc) is 3.09. The molecule has 0 fully saturated rings. The molecule has 136 valence electrons. The first-order valence-electron chi connectivity index (χ1n) is 8.88. The predicted molar refractivity (Wildman–Crippen MR) is 104 cm³/mol. The number of nitrogens with one attached hydrogen (secondary N) is 1. The quantitative estimate of drug-likeness (QED) is 0.699. The number of benzene rings is 2. The number of hydrogen-bond donors (Lipinski definition) is 2. The molecule has 1 aliphatic rings. The molecule has 2 aromatic carbocycles. The van der Waals surface area contributed by atoms with Crippen molar-refractivity contribution in [3.05, 3.63) is 70.9 Å². The summed E-state index contributed by atoms with van der Waals surface area (Å²) in [5, 5.41) is 10.4. The molecule has 0 aliphatic carbocycles. The largest absolute Gasteiger partial charge is 0.508 e. The maximum absolute atomic E-state index is 12.9. The van der Waals surface area contributed by atoms with Crippen molar-refractivity contribution in [2.75, 3.05) is 7.05 Å². The summed E-state index contributed by atoms with van der Waals surface area (Å²) < 4.78 is 0. The Morgan fingerprint density at radius 2 is 1.67 bits per heavy atom. The lowest BCUT2D eigenvalue weighted by molar-refractivity contribution is -0.135. The standard InChI is InChI=1S/C22H20N2O3/c1-13-19(16-5-3-4-6-18(16)23-13)20-17(21(26)24(2)22(20)27)12-9-14-7-10-15(25)11-8-14/h3-8,10-11,23,25H,9,12H2,1-2H3. The Kier molecular flexibility index (Phi) is 4.07. The summed E-state index contributed by atoms with van der Waals surface area (Å²) in [6.45, 7) is 1.93. The van der Waals surface area contributed by atoms with Crippen molar-refractivity contribution in [2.45, 2.75) is 19.8 Å². The molecule has 3 aromatic rings. The normalized spacial score (nSPS) is 14.7. The summed E-state index contributed by atoms with van der Waals surface area (Å²) in [6.07, 6.45) is 1.08. The number of fused-ring (bicyclic) bond motifs is 1. The zero-order valence-electron chi connectivity index (χ0n) is 15.2. The van der Waals surface area contributed by atoms with Crippen molar-refractivity contribution >= 4 is 28.3 Å². The third-order valence-electron chi connectivity index (χ3n) is 5.13. The number of imide groups is 1. The van der Waals surface area contributed by atoms with Crippen molar-refractivity contribution in [3.63, 3.8) is 0 Å². The first-order chi connectivity index (χ1) is 13.0. The summed E-state index contributed by atoms with van der Waals surface area (Å²) in [4.78, 5) is 30.1. The molecule has 0 saturated carbocycles. The van der Waals surface area contributed by atoms with Gasteiger partial charge in [-0.25, -0.2) is 0 Å². The molecule has 0 spiro atoms. The maximum Gasteiger partial charge on any atom is 0.261 e. The summed E-state index contributed by atoms with van der Waals surface area (Å²) in [5.41, 5.74) is 4.69. The SMILES string of the molecule is Cc1[nH]c2ccccc2c1C1=C(CCc2ccc(O)cc2)C(=O)N(C)C1=O. The lowest BCUT2D eigenvalue weighted by Crippen LogP contribution is -2.26. The number of nitrogens with zero attached hydrogens (tertiary/aromatic N) is 1. The highest BCUT2D eigenvalue weighted by molar-refractivity contribution is 6.37. The molecule has 5 heteroatoms. The molecule has 0 bridgehead atoms. The fourth-order valence-electron chi connectivity index (χ4n) is 3.72. The van der Waals surface area contributed by atoms with Gasteiger partial charge in [-0.2, -0.15) is 0 Å². The van der Waals surface area contributed by atoms with E-state index in [-0.39, 0.29) is 17.6 Å². The molecule has 0 unspecified atom stereocenters. The summed E-state index contributed by atoms with van der Waals surface area (Å²) in [5.74, 6) is -0.285. The number of hydrogen-bond acceptors (Lipinski definition) is 3. The molecule has 2 amide bonds. The lowest BCUT2D eigenvalue weighted by atomic mass is 9.95. The van der Waals surface area contributed by atoms with Gasteiger partial charge in [0.25, 0.3) is 11.8 Å². The summed E-state index contributed by atoms with van der Waals surface area (Å²) >= 11 is 0. The second-order valence-electron chi connectivity index (χ2n) is 6.86. The van der Waals surface area contributed by atoms with E-state index in [2.05, 4.69) is 4.98 Å². The maximum atomic E-state index is 12.9. The van der Waals surface area contributed by atoms with Crippen LogP contribution in [0.25, 0.3) is 16.5 Å². The van der Waals surface area contributed by atoms with Crippen LogP contribution >= 0.6 is 0 Å². The Balaban J connectivity index is 1.80. The van der Waals surface area contributed by atoms with Crippen LogP contribution in [0.1, 0.15) is 23.2 Å².